The number of aliphatic hydroxyl groups is 1. The number of sulfone groups is 1. The van der Waals surface area contributed by atoms with Gasteiger partial charge in [0.25, 0.3) is 5.60 Å². The second-order valence-electron chi connectivity index (χ2n) is 7.01. The third kappa shape index (κ3) is 5.07. The number of benzene rings is 2. The molecule has 0 aromatic heterocycles. The quantitative estimate of drug-likeness (QED) is 0.601. The number of carbonyl (C=O) groups excluding carboxylic acids is 1. The van der Waals surface area contributed by atoms with Gasteiger partial charge in [-0.15, -0.1) is 0 Å². The number of anilines is 1. The van der Waals surface area contributed by atoms with Gasteiger partial charge in [0, 0.05) is 11.3 Å². The Kier molecular flexibility index (Phi) is 7.01. The lowest BCUT2D eigenvalue weighted by molar-refractivity contribution is -0.376. The number of hydrogen-bond donors (Lipinski definition) is 2. The molecule has 12 heteroatoms. The summed E-state index contributed by atoms with van der Waals surface area (Å²) in [5, 5.41) is 11.8. The molecule has 0 aliphatic rings. The van der Waals surface area contributed by atoms with E-state index in [1.54, 1.807) is 0 Å². The van der Waals surface area contributed by atoms with E-state index < -0.39 is 39.3 Å². The molecule has 1 amide bonds. The highest BCUT2D eigenvalue weighted by Gasteiger charge is 2.71. The van der Waals surface area contributed by atoms with Crippen LogP contribution in [0.1, 0.15) is 23.6 Å². The number of amides is 1. The van der Waals surface area contributed by atoms with Crippen LogP contribution in [0.4, 0.5) is 32.0 Å². The lowest BCUT2D eigenvalue weighted by atomic mass is 9.90. The summed E-state index contributed by atoms with van der Waals surface area (Å²) in [6.07, 6.45) is -12.2. The molecule has 0 spiro atoms. The molecule has 0 atom stereocenters. The molecular formula is C20H19F6NO4S. The van der Waals surface area contributed by atoms with E-state index >= 15 is 0 Å². The Morgan fingerprint density at radius 3 is 1.94 bits per heavy atom. The maximum Gasteiger partial charge on any atom is 0.430 e. The molecule has 2 aromatic carbocycles. The Balaban J connectivity index is 2.22. The van der Waals surface area contributed by atoms with E-state index in [0.29, 0.717) is 17.7 Å². The van der Waals surface area contributed by atoms with Crippen LogP contribution in [0.2, 0.25) is 0 Å². The van der Waals surface area contributed by atoms with Gasteiger partial charge in [-0.25, -0.2) is 8.42 Å². The molecule has 32 heavy (non-hydrogen) atoms. The van der Waals surface area contributed by atoms with Gasteiger partial charge in [0.2, 0.25) is 5.91 Å². The van der Waals surface area contributed by atoms with E-state index in [9.17, 15) is 44.7 Å². The van der Waals surface area contributed by atoms with Crippen molar-refractivity contribution in [2.75, 3.05) is 11.1 Å². The number of nitrogens with one attached hydrogen (secondary N) is 1. The second-order valence-corrected chi connectivity index (χ2v) is 9.29. The van der Waals surface area contributed by atoms with Crippen molar-refractivity contribution in [3.8, 4) is 0 Å². The van der Waals surface area contributed by atoms with Crippen LogP contribution in [-0.2, 0) is 26.7 Å². The molecule has 0 radical (unpaired) electrons. The zero-order valence-electron chi connectivity index (χ0n) is 16.8. The zero-order valence-corrected chi connectivity index (χ0v) is 17.6. The van der Waals surface area contributed by atoms with Gasteiger partial charge in [-0.05, 0) is 36.2 Å². The van der Waals surface area contributed by atoms with Gasteiger partial charge in [-0.1, -0.05) is 31.2 Å². The first kappa shape index (κ1) is 25.7. The van der Waals surface area contributed by atoms with Crippen molar-refractivity contribution in [2.24, 2.45) is 0 Å². The number of alkyl halides is 6. The van der Waals surface area contributed by atoms with E-state index in [2.05, 4.69) is 5.32 Å². The van der Waals surface area contributed by atoms with Gasteiger partial charge in [0.1, 0.15) is 0 Å². The summed E-state index contributed by atoms with van der Waals surface area (Å²) in [6, 6.07) is 7.28. The van der Waals surface area contributed by atoms with Crippen molar-refractivity contribution in [2.45, 2.75) is 43.1 Å². The Morgan fingerprint density at radius 1 is 0.969 bits per heavy atom. The van der Waals surface area contributed by atoms with Crippen LogP contribution >= 0.6 is 0 Å². The van der Waals surface area contributed by atoms with Crippen LogP contribution in [-0.4, -0.2) is 37.5 Å². The molecule has 2 rings (SSSR count). The predicted octanol–water partition coefficient (Wildman–Crippen LogP) is 4.28. The zero-order chi connectivity index (χ0) is 24.5. The minimum absolute atomic E-state index is 0.0457. The van der Waals surface area contributed by atoms with Crippen molar-refractivity contribution < 1.29 is 44.7 Å². The Bertz CT molecular complexity index is 1080. The molecule has 0 fully saturated rings. The standard InChI is InChI=1S/C20H19F6NO4S/c1-3-32(30,31)15-7-4-13(5-8-15)11-17(28)27-16-9-6-14(10-12(16)2)18(29,19(21,22)23)20(24,25)26/h4-10,29H,3,11H2,1-2H3,(H,27,28). The summed E-state index contributed by atoms with van der Waals surface area (Å²) >= 11 is 0. The number of halogens is 6. The predicted molar refractivity (Wildman–Crippen MR) is 104 cm³/mol. The fourth-order valence-corrected chi connectivity index (χ4v) is 3.76. The van der Waals surface area contributed by atoms with E-state index in [4.69, 9.17) is 0 Å². The van der Waals surface area contributed by atoms with Crippen molar-refractivity contribution in [3.63, 3.8) is 0 Å². The summed E-state index contributed by atoms with van der Waals surface area (Å²) in [4.78, 5) is 12.3. The van der Waals surface area contributed by atoms with Gasteiger partial charge in [-0.3, -0.25) is 4.79 Å². The minimum Gasteiger partial charge on any atom is -0.369 e. The monoisotopic (exact) mass is 483 g/mol. The highest BCUT2D eigenvalue weighted by atomic mass is 32.2. The molecule has 2 N–H and O–H groups in total. The fourth-order valence-electron chi connectivity index (χ4n) is 2.88. The molecule has 176 valence electrons. The molecule has 0 aliphatic heterocycles. The molecule has 0 saturated heterocycles. The first-order valence-electron chi connectivity index (χ1n) is 9.11. The molecule has 2 aromatic rings. The molecule has 5 nitrogen and oxygen atoms in total. The molecule has 0 heterocycles. The highest BCUT2D eigenvalue weighted by Crippen LogP contribution is 2.50. The highest BCUT2D eigenvalue weighted by molar-refractivity contribution is 7.91. The van der Waals surface area contributed by atoms with Crippen molar-refractivity contribution in [1.82, 2.24) is 0 Å². The number of aryl methyl sites for hydroxylation is 1. The SMILES string of the molecule is CCS(=O)(=O)c1ccc(CC(=O)Nc2ccc(C(O)(C(F)(F)F)C(F)(F)F)cc2C)cc1. The molecular weight excluding hydrogens is 464 g/mol. The first-order valence-corrected chi connectivity index (χ1v) is 10.8. The average Bonchev–Trinajstić information content (AvgIpc) is 2.67. The molecule has 0 unspecified atom stereocenters. The number of rotatable bonds is 6. The Labute approximate surface area is 180 Å². The lowest BCUT2D eigenvalue weighted by Gasteiger charge is -2.33. The normalized spacial score (nSPS) is 13.2. The Hall–Kier alpha value is -2.60. The first-order chi connectivity index (χ1) is 14.5. The second kappa shape index (κ2) is 8.74. The molecule has 0 saturated carbocycles. The van der Waals surface area contributed by atoms with Gasteiger partial charge >= 0.3 is 12.4 Å². The van der Waals surface area contributed by atoms with Gasteiger partial charge in [0.05, 0.1) is 17.1 Å². The van der Waals surface area contributed by atoms with Gasteiger partial charge < -0.3 is 10.4 Å². The number of hydrogen-bond acceptors (Lipinski definition) is 4. The third-order valence-corrected chi connectivity index (χ3v) is 6.52. The largest absolute Gasteiger partial charge is 0.430 e. The van der Waals surface area contributed by atoms with Crippen LogP contribution in [0.25, 0.3) is 0 Å². The van der Waals surface area contributed by atoms with Crippen LogP contribution < -0.4 is 5.32 Å². The smallest absolute Gasteiger partial charge is 0.369 e. The van der Waals surface area contributed by atoms with Crippen molar-refractivity contribution in [3.05, 3.63) is 59.2 Å². The number of carbonyl (C=O) groups is 1. The van der Waals surface area contributed by atoms with Crippen LogP contribution in [0.15, 0.2) is 47.4 Å². The minimum atomic E-state index is -6.01. The topological polar surface area (TPSA) is 83.5 Å². The van der Waals surface area contributed by atoms with E-state index in [0.717, 1.165) is 6.07 Å². The van der Waals surface area contributed by atoms with Gasteiger partial charge in [-0.2, -0.15) is 26.3 Å². The molecule has 0 aliphatic carbocycles. The van der Waals surface area contributed by atoms with E-state index in [1.807, 2.05) is 0 Å². The van der Waals surface area contributed by atoms with Crippen molar-refractivity contribution >= 4 is 21.4 Å². The maximum atomic E-state index is 13.0. The maximum absolute atomic E-state index is 13.0. The van der Waals surface area contributed by atoms with Crippen molar-refractivity contribution in [1.29, 1.82) is 0 Å². The summed E-state index contributed by atoms with van der Waals surface area (Å²) in [6.45, 7) is 2.66. The summed E-state index contributed by atoms with van der Waals surface area (Å²) in [5.41, 5.74) is -6.23. The third-order valence-electron chi connectivity index (χ3n) is 4.77. The summed E-state index contributed by atoms with van der Waals surface area (Å²) < 4.78 is 102. The van der Waals surface area contributed by atoms with E-state index in [1.165, 1.54) is 38.1 Å². The van der Waals surface area contributed by atoms with Crippen LogP contribution in [0.5, 0.6) is 0 Å². The van der Waals surface area contributed by atoms with Gasteiger partial charge in [0.15, 0.2) is 9.84 Å². The lowest BCUT2D eigenvalue weighted by Crippen LogP contribution is -2.53. The van der Waals surface area contributed by atoms with Crippen LogP contribution in [0.3, 0.4) is 0 Å². The summed E-state index contributed by atoms with van der Waals surface area (Å²) in [5.74, 6) is -0.728. The molecule has 0 bridgehead atoms. The fraction of sp³-hybridized carbons (Fsp3) is 0.350. The average molecular weight is 483 g/mol. The van der Waals surface area contributed by atoms with E-state index in [-0.39, 0.29) is 28.3 Å². The summed E-state index contributed by atoms with van der Waals surface area (Å²) in [7, 11) is -3.42. The van der Waals surface area contributed by atoms with Crippen LogP contribution in [0, 0.1) is 6.92 Å². The Morgan fingerprint density at radius 2 is 1.50 bits per heavy atom.